The van der Waals surface area contributed by atoms with Gasteiger partial charge in [0.25, 0.3) is 11.8 Å². The van der Waals surface area contributed by atoms with Gasteiger partial charge in [0.15, 0.2) is 0 Å². The highest BCUT2D eigenvalue weighted by atomic mass is 19.1. The molecule has 27 heavy (non-hydrogen) atoms. The molecule has 0 aliphatic carbocycles. The largest absolute Gasteiger partial charge is 0.420 e. The molecule has 1 aliphatic heterocycles. The summed E-state index contributed by atoms with van der Waals surface area (Å²) >= 11 is 0. The second-order valence-corrected chi connectivity index (χ2v) is 6.56. The SMILES string of the molecule is Cc1ncc(-c2nnc(C3CCCN(C(=O)c4ccc(F)cc4)C3)o2)cn1. The number of likely N-dealkylation sites (tertiary alicyclic amines) is 1. The van der Waals surface area contributed by atoms with E-state index < -0.39 is 0 Å². The van der Waals surface area contributed by atoms with Crippen LogP contribution in [0.3, 0.4) is 0 Å². The number of piperidine rings is 1. The van der Waals surface area contributed by atoms with Crippen LogP contribution in [0.25, 0.3) is 11.5 Å². The normalized spacial score (nSPS) is 17.1. The van der Waals surface area contributed by atoms with Crippen LogP contribution in [0.4, 0.5) is 4.39 Å². The van der Waals surface area contributed by atoms with Crippen molar-refractivity contribution in [3.05, 3.63) is 59.8 Å². The predicted molar refractivity (Wildman–Crippen MR) is 94.3 cm³/mol. The molecule has 0 radical (unpaired) electrons. The van der Waals surface area contributed by atoms with Crippen LogP contribution in [0.2, 0.25) is 0 Å². The first-order valence-corrected chi connectivity index (χ1v) is 8.77. The van der Waals surface area contributed by atoms with Gasteiger partial charge in [-0.1, -0.05) is 0 Å². The van der Waals surface area contributed by atoms with Gasteiger partial charge in [0.05, 0.1) is 11.5 Å². The van der Waals surface area contributed by atoms with Gasteiger partial charge in [0.2, 0.25) is 5.89 Å². The lowest BCUT2D eigenvalue weighted by atomic mass is 9.97. The highest BCUT2D eigenvalue weighted by Gasteiger charge is 2.29. The van der Waals surface area contributed by atoms with Crippen LogP contribution in [0.1, 0.15) is 40.8 Å². The quantitative estimate of drug-likeness (QED) is 0.707. The van der Waals surface area contributed by atoms with Crippen LogP contribution in [0.5, 0.6) is 0 Å². The lowest BCUT2D eigenvalue weighted by Crippen LogP contribution is -2.39. The molecule has 1 fully saturated rings. The first-order chi connectivity index (χ1) is 13.1. The Morgan fingerprint density at radius 2 is 1.93 bits per heavy atom. The summed E-state index contributed by atoms with van der Waals surface area (Å²) in [6, 6.07) is 5.60. The monoisotopic (exact) mass is 367 g/mol. The molecule has 3 heterocycles. The first-order valence-electron chi connectivity index (χ1n) is 8.77. The standard InChI is InChI=1S/C19H18FN5O2/c1-12-21-9-15(10-22-12)18-24-23-17(27-18)14-3-2-8-25(11-14)19(26)13-4-6-16(20)7-5-13/h4-7,9-10,14H,2-3,8,11H2,1H3. The Balaban J connectivity index is 1.49. The molecule has 0 N–H and O–H groups in total. The number of hydrogen-bond acceptors (Lipinski definition) is 6. The van der Waals surface area contributed by atoms with E-state index in [2.05, 4.69) is 20.2 Å². The van der Waals surface area contributed by atoms with Gasteiger partial charge in [0.1, 0.15) is 11.6 Å². The van der Waals surface area contributed by atoms with Crippen molar-refractivity contribution in [1.29, 1.82) is 0 Å². The number of aromatic nitrogens is 4. The highest BCUT2D eigenvalue weighted by molar-refractivity contribution is 5.94. The molecule has 0 bridgehead atoms. The first kappa shape index (κ1) is 17.3. The number of carbonyl (C=O) groups is 1. The zero-order chi connectivity index (χ0) is 18.8. The second kappa shape index (κ2) is 7.22. The van der Waals surface area contributed by atoms with Crippen LogP contribution >= 0.6 is 0 Å². The average molecular weight is 367 g/mol. The summed E-state index contributed by atoms with van der Waals surface area (Å²) < 4.78 is 18.9. The Bertz CT molecular complexity index is 939. The zero-order valence-corrected chi connectivity index (χ0v) is 14.8. The Hall–Kier alpha value is -3.16. The number of carbonyl (C=O) groups excluding carboxylic acids is 1. The second-order valence-electron chi connectivity index (χ2n) is 6.56. The highest BCUT2D eigenvalue weighted by Crippen LogP contribution is 2.29. The van der Waals surface area contributed by atoms with Gasteiger partial charge in [-0.25, -0.2) is 14.4 Å². The minimum Gasteiger partial charge on any atom is -0.420 e. The summed E-state index contributed by atoms with van der Waals surface area (Å²) in [7, 11) is 0. The molecule has 1 aromatic carbocycles. The molecule has 8 heteroatoms. The summed E-state index contributed by atoms with van der Waals surface area (Å²) in [5.41, 5.74) is 1.13. The number of aryl methyl sites for hydroxylation is 1. The molecule has 0 spiro atoms. The molecule has 4 rings (SSSR count). The molecule has 1 saturated heterocycles. The molecular formula is C19H18FN5O2. The van der Waals surface area contributed by atoms with Crippen LogP contribution in [0.15, 0.2) is 41.1 Å². The fourth-order valence-corrected chi connectivity index (χ4v) is 3.16. The van der Waals surface area contributed by atoms with Crippen molar-refractivity contribution in [1.82, 2.24) is 25.1 Å². The predicted octanol–water partition coefficient (Wildman–Crippen LogP) is 2.99. The van der Waals surface area contributed by atoms with Gasteiger partial charge in [0, 0.05) is 31.0 Å². The average Bonchev–Trinajstić information content (AvgIpc) is 3.19. The third-order valence-corrected chi connectivity index (χ3v) is 4.62. The van der Waals surface area contributed by atoms with Crippen LogP contribution in [0, 0.1) is 12.7 Å². The lowest BCUT2D eigenvalue weighted by Gasteiger charge is -2.31. The fourth-order valence-electron chi connectivity index (χ4n) is 3.16. The molecule has 1 atom stereocenters. The van der Waals surface area contributed by atoms with Crippen molar-refractivity contribution in [2.75, 3.05) is 13.1 Å². The maximum atomic E-state index is 13.1. The number of benzene rings is 1. The van der Waals surface area contributed by atoms with E-state index >= 15 is 0 Å². The molecule has 1 aliphatic rings. The number of nitrogens with zero attached hydrogens (tertiary/aromatic N) is 5. The smallest absolute Gasteiger partial charge is 0.253 e. The summed E-state index contributed by atoms with van der Waals surface area (Å²) in [5.74, 6) is 1.03. The number of hydrogen-bond donors (Lipinski definition) is 0. The van der Waals surface area contributed by atoms with Gasteiger partial charge in [-0.05, 0) is 44.0 Å². The summed E-state index contributed by atoms with van der Waals surface area (Å²) in [6.45, 7) is 2.94. The summed E-state index contributed by atoms with van der Waals surface area (Å²) in [6.07, 6.45) is 4.98. The Morgan fingerprint density at radius 3 is 2.67 bits per heavy atom. The molecule has 2 aromatic heterocycles. The van der Waals surface area contributed by atoms with Gasteiger partial charge in [-0.15, -0.1) is 10.2 Å². The van der Waals surface area contributed by atoms with E-state index in [-0.39, 0.29) is 17.6 Å². The Kier molecular flexibility index (Phi) is 4.62. The Morgan fingerprint density at radius 1 is 1.19 bits per heavy atom. The summed E-state index contributed by atoms with van der Waals surface area (Å²) in [5, 5.41) is 8.24. The number of amides is 1. The maximum Gasteiger partial charge on any atom is 0.253 e. The molecular weight excluding hydrogens is 349 g/mol. The maximum absolute atomic E-state index is 13.1. The van der Waals surface area contributed by atoms with Crippen molar-refractivity contribution < 1.29 is 13.6 Å². The third kappa shape index (κ3) is 3.69. The molecule has 7 nitrogen and oxygen atoms in total. The van der Waals surface area contributed by atoms with E-state index in [0.29, 0.717) is 41.8 Å². The van der Waals surface area contributed by atoms with Crippen molar-refractivity contribution in [2.45, 2.75) is 25.7 Å². The summed E-state index contributed by atoms with van der Waals surface area (Å²) in [4.78, 5) is 22.7. The molecule has 0 saturated carbocycles. The minimum absolute atomic E-state index is 0.0317. The molecule has 138 valence electrons. The van der Waals surface area contributed by atoms with Crippen molar-refractivity contribution in [2.24, 2.45) is 0 Å². The number of rotatable bonds is 3. The van der Waals surface area contributed by atoms with Crippen molar-refractivity contribution in [3.8, 4) is 11.5 Å². The van der Waals surface area contributed by atoms with Crippen LogP contribution in [-0.4, -0.2) is 44.1 Å². The van der Waals surface area contributed by atoms with Gasteiger partial charge in [-0.3, -0.25) is 4.79 Å². The van der Waals surface area contributed by atoms with Gasteiger partial charge >= 0.3 is 0 Å². The number of halogens is 1. The van der Waals surface area contributed by atoms with Gasteiger partial charge in [-0.2, -0.15) is 0 Å². The zero-order valence-electron chi connectivity index (χ0n) is 14.8. The topological polar surface area (TPSA) is 85.0 Å². The van der Waals surface area contributed by atoms with Crippen molar-refractivity contribution >= 4 is 5.91 Å². The van der Waals surface area contributed by atoms with Gasteiger partial charge < -0.3 is 9.32 Å². The minimum atomic E-state index is -0.360. The third-order valence-electron chi connectivity index (χ3n) is 4.62. The Labute approximate surface area is 155 Å². The van der Waals surface area contributed by atoms with Crippen LogP contribution in [-0.2, 0) is 0 Å². The van der Waals surface area contributed by atoms with Crippen LogP contribution < -0.4 is 0 Å². The van der Waals surface area contributed by atoms with E-state index in [1.165, 1.54) is 24.3 Å². The molecule has 1 unspecified atom stereocenters. The molecule has 1 amide bonds. The van der Waals surface area contributed by atoms with E-state index in [1.807, 2.05) is 0 Å². The fraction of sp³-hybridized carbons (Fsp3) is 0.316. The van der Waals surface area contributed by atoms with E-state index in [9.17, 15) is 9.18 Å². The van der Waals surface area contributed by atoms with E-state index in [0.717, 1.165) is 12.8 Å². The lowest BCUT2D eigenvalue weighted by molar-refractivity contribution is 0.0698. The van der Waals surface area contributed by atoms with E-state index in [1.54, 1.807) is 24.2 Å². The van der Waals surface area contributed by atoms with Crippen molar-refractivity contribution in [3.63, 3.8) is 0 Å². The molecule has 3 aromatic rings. The van der Waals surface area contributed by atoms with E-state index in [4.69, 9.17) is 4.42 Å².